The summed E-state index contributed by atoms with van der Waals surface area (Å²) in [4.78, 5) is 4.15. The highest BCUT2D eigenvalue weighted by molar-refractivity contribution is 5.25. The van der Waals surface area contributed by atoms with E-state index in [0.29, 0.717) is 6.04 Å². The van der Waals surface area contributed by atoms with E-state index >= 15 is 0 Å². The Morgan fingerprint density at radius 2 is 2.43 bits per heavy atom. The topological polar surface area (TPSA) is 34.1 Å². The molecule has 1 aromatic heterocycles. The van der Waals surface area contributed by atoms with Crippen LogP contribution in [0.1, 0.15) is 18.9 Å². The van der Waals surface area contributed by atoms with Gasteiger partial charge in [-0.2, -0.15) is 0 Å². The zero-order valence-electron chi connectivity index (χ0n) is 8.66. The summed E-state index contributed by atoms with van der Waals surface area (Å²) in [6.45, 7) is 3.12. The molecule has 1 aliphatic carbocycles. The SMILES string of the molecule is COc1ncccc1CNC1CC1C. The molecule has 76 valence electrons. The Morgan fingerprint density at radius 3 is 3.07 bits per heavy atom. The zero-order valence-corrected chi connectivity index (χ0v) is 8.66. The van der Waals surface area contributed by atoms with Crippen molar-refractivity contribution in [1.29, 1.82) is 0 Å². The van der Waals surface area contributed by atoms with Gasteiger partial charge in [0.1, 0.15) is 0 Å². The Hall–Kier alpha value is -1.09. The van der Waals surface area contributed by atoms with E-state index in [1.807, 2.05) is 12.1 Å². The van der Waals surface area contributed by atoms with Crippen LogP contribution in [-0.2, 0) is 6.54 Å². The molecular weight excluding hydrogens is 176 g/mol. The highest BCUT2D eigenvalue weighted by Gasteiger charge is 2.31. The third kappa shape index (κ3) is 2.04. The standard InChI is InChI=1S/C11H16N2O/c1-8-6-10(8)13-7-9-4-3-5-12-11(9)14-2/h3-5,8,10,13H,6-7H2,1-2H3. The van der Waals surface area contributed by atoms with Crippen molar-refractivity contribution in [3.63, 3.8) is 0 Å². The fraction of sp³-hybridized carbons (Fsp3) is 0.545. The molecular formula is C11H16N2O. The van der Waals surface area contributed by atoms with Crippen molar-refractivity contribution in [2.75, 3.05) is 7.11 Å². The van der Waals surface area contributed by atoms with Gasteiger partial charge in [0.25, 0.3) is 0 Å². The van der Waals surface area contributed by atoms with Crippen LogP contribution in [0.3, 0.4) is 0 Å². The summed E-state index contributed by atoms with van der Waals surface area (Å²) < 4.78 is 5.17. The minimum absolute atomic E-state index is 0.694. The molecule has 3 nitrogen and oxygen atoms in total. The van der Waals surface area contributed by atoms with Crippen LogP contribution in [0.25, 0.3) is 0 Å². The average molecular weight is 192 g/mol. The number of aromatic nitrogens is 1. The molecule has 0 radical (unpaired) electrons. The van der Waals surface area contributed by atoms with Gasteiger partial charge in [-0.05, 0) is 18.4 Å². The quantitative estimate of drug-likeness (QED) is 0.786. The Labute approximate surface area is 84.5 Å². The van der Waals surface area contributed by atoms with E-state index < -0.39 is 0 Å². The first-order valence-electron chi connectivity index (χ1n) is 5.02. The van der Waals surface area contributed by atoms with Gasteiger partial charge in [0, 0.05) is 24.3 Å². The molecule has 2 atom stereocenters. The summed E-state index contributed by atoms with van der Waals surface area (Å²) in [6, 6.07) is 4.68. The maximum Gasteiger partial charge on any atom is 0.217 e. The predicted molar refractivity (Wildman–Crippen MR) is 55.2 cm³/mol. The highest BCUT2D eigenvalue weighted by atomic mass is 16.5. The van der Waals surface area contributed by atoms with Gasteiger partial charge in [-0.25, -0.2) is 4.98 Å². The number of hydrogen-bond donors (Lipinski definition) is 1. The van der Waals surface area contributed by atoms with Crippen LogP contribution in [0.15, 0.2) is 18.3 Å². The minimum Gasteiger partial charge on any atom is -0.481 e. The van der Waals surface area contributed by atoms with Crippen molar-refractivity contribution in [3.8, 4) is 5.88 Å². The number of methoxy groups -OCH3 is 1. The van der Waals surface area contributed by atoms with E-state index in [1.54, 1.807) is 13.3 Å². The molecule has 0 spiro atoms. The van der Waals surface area contributed by atoms with Crippen molar-refractivity contribution in [2.45, 2.75) is 25.9 Å². The van der Waals surface area contributed by atoms with Crippen molar-refractivity contribution in [1.82, 2.24) is 10.3 Å². The highest BCUT2D eigenvalue weighted by Crippen LogP contribution is 2.29. The smallest absolute Gasteiger partial charge is 0.217 e. The molecule has 1 aromatic rings. The van der Waals surface area contributed by atoms with E-state index in [9.17, 15) is 0 Å². The number of rotatable bonds is 4. The average Bonchev–Trinajstić information content (AvgIpc) is 2.92. The Morgan fingerprint density at radius 1 is 1.64 bits per heavy atom. The normalized spacial score (nSPS) is 24.7. The fourth-order valence-corrected chi connectivity index (χ4v) is 1.59. The molecule has 3 heteroatoms. The van der Waals surface area contributed by atoms with Crippen LogP contribution in [0.5, 0.6) is 5.88 Å². The molecule has 1 saturated carbocycles. The molecule has 0 aromatic carbocycles. The lowest BCUT2D eigenvalue weighted by Crippen LogP contribution is -2.17. The predicted octanol–water partition coefficient (Wildman–Crippen LogP) is 1.59. The number of nitrogens with one attached hydrogen (secondary N) is 1. The van der Waals surface area contributed by atoms with Gasteiger partial charge in [-0.15, -0.1) is 0 Å². The van der Waals surface area contributed by atoms with E-state index in [1.165, 1.54) is 6.42 Å². The van der Waals surface area contributed by atoms with Crippen LogP contribution in [0, 0.1) is 5.92 Å². The fourth-order valence-electron chi connectivity index (χ4n) is 1.59. The molecule has 1 fully saturated rings. The summed E-state index contributed by atoms with van der Waals surface area (Å²) in [6.07, 6.45) is 3.05. The molecule has 0 bridgehead atoms. The monoisotopic (exact) mass is 192 g/mol. The second-order valence-corrected chi connectivity index (χ2v) is 3.87. The molecule has 2 rings (SSSR count). The number of pyridine rings is 1. The van der Waals surface area contributed by atoms with Crippen molar-refractivity contribution in [2.24, 2.45) is 5.92 Å². The molecule has 1 aliphatic rings. The summed E-state index contributed by atoms with van der Waals surface area (Å²) in [7, 11) is 1.66. The van der Waals surface area contributed by atoms with Gasteiger partial charge in [-0.1, -0.05) is 13.0 Å². The second kappa shape index (κ2) is 3.96. The molecule has 0 saturated heterocycles. The van der Waals surface area contributed by atoms with Gasteiger partial charge in [0.2, 0.25) is 5.88 Å². The lowest BCUT2D eigenvalue weighted by atomic mass is 10.2. The van der Waals surface area contributed by atoms with Crippen molar-refractivity contribution < 1.29 is 4.74 Å². The third-order valence-corrected chi connectivity index (χ3v) is 2.71. The number of ether oxygens (including phenoxy) is 1. The summed E-state index contributed by atoms with van der Waals surface area (Å²) in [5.41, 5.74) is 1.13. The summed E-state index contributed by atoms with van der Waals surface area (Å²) in [5.74, 6) is 1.56. The lowest BCUT2D eigenvalue weighted by molar-refractivity contribution is 0.390. The Bertz CT molecular complexity index is 314. The molecule has 1 N–H and O–H groups in total. The van der Waals surface area contributed by atoms with Crippen molar-refractivity contribution in [3.05, 3.63) is 23.9 Å². The van der Waals surface area contributed by atoms with E-state index in [4.69, 9.17) is 4.74 Å². The largest absolute Gasteiger partial charge is 0.481 e. The second-order valence-electron chi connectivity index (χ2n) is 3.87. The molecule has 14 heavy (non-hydrogen) atoms. The first-order chi connectivity index (χ1) is 6.81. The van der Waals surface area contributed by atoms with E-state index in [-0.39, 0.29) is 0 Å². The van der Waals surface area contributed by atoms with Crippen LogP contribution >= 0.6 is 0 Å². The van der Waals surface area contributed by atoms with Gasteiger partial charge in [-0.3, -0.25) is 0 Å². The third-order valence-electron chi connectivity index (χ3n) is 2.71. The molecule has 1 heterocycles. The Kier molecular flexibility index (Phi) is 2.68. The number of nitrogens with zero attached hydrogens (tertiary/aromatic N) is 1. The van der Waals surface area contributed by atoms with Gasteiger partial charge in [0.15, 0.2) is 0 Å². The molecule has 2 unspecified atom stereocenters. The molecule has 0 aliphatic heterocycles. The van der Waals surface area contributed by atoms with E-state index in [0.717, 1.165) is 23.9 Å². The van der Waals surface area contributed by atoms with Crippen LogP contribution < -0.4 is 10.1 Å². The van der Waals surface area contributed by atoms with Crippen LogP contribution in [0.4, 0.5) is 0 Å². The van der Waals surface area contributed by atoms with Gasteiger partial charge >= 0.3 is 0 Å². The first kappa shape index (κ1) is 9.46. The first-order valence-corrected chi connectivity index (χ1v) is 5.02. The lowest BCUT2D eigenvalue weighted by Gasteiger charge is -2.07. The van der Waals surface area contributed by atoms with Crippen LogP contribution in [0.2, 0.25) is 0 Å². The summed E-state index contributed by atoms with van der Waals surface area (Å²) in [5, 5.41) is 3.48. The maximum absolute atomic E-state index is 5.17. The zero-order chi connectivity index (χ0) is 9.97. The van der Waals surface area contributed by atoms with Crippen LogP contribution in [-0.4, -0.2) is 18.1 Å². The minimum atomic E-state index is 0.694. The molecule has 0 amide bonds. The van der Waals surface area contributed by atoms with Gasteiger partial charge < -0.3 is 10.1 Å². The van der Waals surface area contributed by atoms with Crippen molar-refractivity contribution >= 4 is 0 Å². The Balaban J connectivity index is 1.94. The number of hydrogen-bond acceptors (Lipinski definition) is 3. The van der Waals surface area contributed by atoms with Gasteiger partial charge in [0.05, 0.1) is 7.11 Å². The summed E-state index contributed by atoms with van der Waals surface area (Å²) >= 11 is 0. The van der Waals surface area contributed by atoms with E-state index in [2.05, 4.69) is 17.2 Å². The maximum atomic E-state index is 5.17.